The highest BCUT2D eigenvalue weighted by atomic mass is 35.5. The number of rotatable bonds is 5. The Bertz CT molecular complexity index is 759. The van der Waals surface area contributed by atoms with Crippen LogP contribution in [0.25, 0.3) is 0 Å². The molecule has 2 N–H and O–H groups in total. The van der Waals surface area contributed by atoms with Gasteiger partial charge in [0.15, 0.2) is 0 Å². The maximum atomic E-state index is 6.55. The Kier molecular flexibility index (Phi) is 6.03. The second kappa shape index (κ2) is 8.64. The summed E-state index contributed by atoms with van der Waals surface area (Å²) in [6, 6.07) is 6.38. The van der Waals surface area contributed by atoms with Crippen molar-refractivity contribution in [2.75, 3.05) is 18.4 Å². The van der Waals surface area contributed by atoms with E-state index >= 15 is 0 Å². The Balaban J connectivity index is 1.53. The molecule has 26 heavy (non-hydrogen) atoms. The first-order chi connectivity index (χ1) is 12.8. The van der Waals surface area contributed by atoms with E-state index in [1.54, 1.807) is 0 Å². The molecule has 1 aliphatic carbocycles. The molecule has 2 heterocycles. The van der Waals surface area contributed by atoms with Crippen molar-refractivity contribution < 1.29 is 0 Å². The van der Waals surface area contributed by atoms with E-state index < -0.39 is 0 Å². The molecule has 1 saturated carbocycles. The molecule has 0 spiro atoms. The Labute approximate surface area is 165 Å². The number of benzene rings is 1. The van der Waals surface area contributed by atoms with E-state index in [4.69, 9.17) is 11.6 Å². The van der Waals surface area contributed by atoms with Gasteiger partial charge in [0.05, 0.1) is 10.7 Å². The highest BCUT2D eigenvalue weighted by molar-refractivity contribution is 8.00. The summed E-state index contributed by atoms with van der Waals surface area (Å²) in [5, 5.41) is 8.70. The van der Waals surface area contributed by atoms with Gasteiger partial charge in [0.1, 0.15) is 0 Å². The normalized spacial score (nSPS) is 17.7. The van der Waals surface area contributed by atoms with Gasteiger partial charge >= 0.3 is 0 Å². The van der Waals surface area contributed by atoms with E-state index in [0.717, 1.165) is 48.4 Å². The third kappa shape index (κ3) is 4.19. The summed E-state index contributed by atoms with van der Waals surface area (Å²) in [4.78, 5) is 5.72. The summed E-state index contributed by atoms with van der Waals surface area (Å²) in [6.45, 7) is 2.82. The molecule has 5 heteroatoms. The predicted molar refractivity (Wildman–Crippen MR) is 111 cm³/mol. The zero-order valence-corrected chi connectivity index (χ0v) is 16.6. The average molecular weight is 388 g/mol. The van der Waals surface area contributed by atoms with Gasteiger partial charge in [0.2, 0.25) is 0 Å². The number of fused-ring (bicyclic) bond motifs is 1. The molecule has 1 aromatic carbocycles. The summed E-state index contributed by atoms with van der Waals surface area (Å²) in [5.41, 5.74) is 5.16. The van der Waals surface area contributed by atoms with Gasteiger partial charge in [-0.1, -0.05) is 30.5 Å². The van der Waals surface area contributed by atoms with Crippen molar-refractivity contribution in [1.82, 2.24) is 10.3 Å². The summed E-state index contributed by atoms with van der Waals surface area (Å²) < 4.78 is 0. The van der Waals surface area contributed by atoms with Crippen LogP contribution in [0.2, 0.25) is 5.02 Å². The van der Waals surface area contributed by atoms with E-state index in [1.165, 1.54) is 47.3 Å². The van der Waals surface area contributed by atoms with Crippen molar-refractivity contribution in [3.8, 4) is 0 Å². The highest BCUT2D eigenvalue weighted by Crippen LogP contribution is 2.37. The molecule has 138 valence electrons. The second-order valence-electron chi connectivity index (χ2n) is 7.17. The maximum Gasteiger partial charge on any atom is 0.0640 e. The highest BCUT2D eigenvalue weighted by Gasteiger charge is 2.18. The largest absolute Gasteiger partial charge is 0.379 e. The van der Waals surface area contributed by atoms with Crippen LogP contribution in [0.1, 0.15) is 42.4 Å². The number of nitrogens with zero attached hydrogens (tertiary/aromatic N) is 1. The minimum atomic E-state index is 0.763. The zero-order chi connectivity index (χ0) is 17.8. The third-order valence-corrected chi connectivity index (χ3v) is 7.16. The molecular formula is C21H26ClN3S. The maximum absolute atomic E-state index is 6.55. The van der Waals surface area contributed by atoms with Crippen LogP contribution in [0.15, 0.2) is 35.5 Å². The molecule has 0 radical (unpaired) electrons. The van der Waals surface area contributed by atoms with Crippen molar-refractivity contribution in [1.29, 1.82) is 0 Å². The molecule has 1 aliphatic heterocycles. The Hall–Kier alpha value is -1.23. The van der Waals surface area contributed by atoms with Crippen LogP contribution in [0, 0.1) is 0 Å². The SMILES string of the molecule is Clc1ccc2c(c1NCc1cnccc1SC1CCCC1)CCNCC2. The van der Waals surface area contributed by atoms with Gasteiger partial charge in [-0.05, 0) is 62.0 Å². The van der Waals surface area contributed by atoms with E-state index in [1.807, 2.05) is 30.2 Å². The van der Waals surface area contributed by atoms with Crippen LogP contribution >= 0.6 is 23.4 Å². The first-order valence-corrected chi connectivity index (χ1v) is 10.9. The van der Waals surface area contributed by atoms with Crippen molar-refractivity contribution in [3.05, 3.63) is 52.3 Å². The number of hydrogen-bond acceptors (Lipinski definition) is 4. The minimum absolute atomic E-state index is 0.763. The molecule has 0 amide bonds. The molecular weight excluding hydrogens is 362 g/mol. The fourth-order valence-electron chi connectivity index (χ4n) is 3.97. The molecule has 0 saturated heterocycles. The monoisotopic (exact) mass is 387 g/mol. The van der Waals surface area contributed by atoms with Crippen LogP contribution < -0.4 is 10.6 Å². The standard InChI is InChI=1S/C21H26ClN3S/c22-19-6-5-15-7-10-23-11-8-18(15)21(19)25-14-16-13-24-12-9-20(16)26-17-3-1-2-4-17/h5-6,9,12-13,17,23,25H,1-4,7-8,10-11,14H2. The van der Waals surface area contributed by atoms with Crippen molar-refractivity contribution in [2.24, 2.45) is 0 Å². The summed E-state index contributed by atoms with van der Waals surface area (Å²) in [7, 11) is 0. The van der Waals surface area contributed by atoms with Gasteiger partial charge < -0.3 is 10.6 Å². The molecule has 1 aromatic heterocycles. The molecule has 1 fully saturated rings. The summed E-state index contributed by atoms with van der Waals surface area (Å²) in [5.74, 6) is 0. The fraction of sp³-hybridized carbons (Fsp3) is 0.476. The number of pyridine rings is 1. The molecule has 4 rings (SSSR count). The van der Waals surface area contributed by atoms with Gasteiger partial charge in [-0.3, -0.25) is 4.98 Å². The van der Waals surface area contributed by atoms with Crippen molar-refractivity contribution in [3.63, 3.8) is 0 Å². The van der Waals surface area contributed by atoms with E-state index in [0.29, 0.717) is 0 Å². The molecule has 0 bridgehead atoms. The Morgan fingerprint density at radius 2 is 2.00 bits per heavy atom. The predicted octanol–water partition coefficient (Wildman–Crippen LogP) is 5.07. The number of nitrogens with one attached hydrogen (secondary N) is 2. The number of hydrogen-bond donors (Lipinski definition) is 2. The van der Waals surface area contributed by atoms with Crippen molar-refractivity contribution in [2.45, 2.75) is 55.2 Å². The first-order valence-electron chi connectivity index (χ1n) is 9.65. The van der Waals surface area contributed by atoms with Gasteiger partial charge in [0, 0.05) is 34.6 Å². The minimum Gasteiger partial charge on any atom is -0.379 e. The Morgan fingerprint density at radius 1 is 1.15 bits per heavy atom. The number of aromatic nitrogens is 1. The third-order valence-electron chi connectivity index (χ3n) is 5.39. The smallest absolute Gasteiger partial charge is 0.0640 e. The lowest BCUT2D eigenvalue weighted by molar-refractivity contribution is 0.711. The van der Waals surface area contributed by atoms with Crippen LogP contribution in [-0.4, -0.2) is 23.3 Å². The van der Waals surface area contributed by atoms with Crippen LogP contribution in [0.4, 0.5) is 5.69 Å². The summed E-state index contributed by atoms with van der Waals surface area (Å²) in [6.07, 6.45) is 11.4. The number of anilines is 1. The Morgan fingerprint density at radius 3 is 2.88 bits per heavy atom. The summed E-state index contributed by atoms with van der Waals surface area (Å²) >= 11 is 8.58. The molecule has 2 aliphatic rings. The van der Waals surface area contributed by atoms with E-state index in [-0.39, 0.29) is 0 Å². The number of thioether (sulfide) groups is 1. The lowest BCUT2D eigenvalue weighted by Gasteiger charge is -2.18. The van der Waals surface area contributed by atoms with Crippen LogP contribution in [0.5, 0.6) is 0 Å². The topological polar surface area (TPSA) is 37.0 Å². The van der Waals surface area contributed by atoms with Crippen molar-refractivity contribution >= 4 is 29.1 Å². The molecule has 0 unspecified atom stereocenters. The second-order valence-corrected chi connectivity index (χ2v) is 8.92. The zero-order valence-electron chi connectivity index (χ0n) is 15.1. The van der Waals surface area contributed by atoms with E-state index in [2.05, 4.69) is 27.8 Å². The number of halogens is 1. The van der Waals surface area contributed by atoms with E-state index in [9.17, 15) is 0 Å². The van der Waals surface area contributed by atoms with Gasteiger partial charge in [-0.15, -0.1) is 11.8 Å². The van der Waals surface area contributed by atoms with Crippen LogP contribution in [0.3, 0.4) is 0 Å². The van der Waals surface area contributed by atoms with Gasteiger partial charge in [0.25, 0.3) is 0 Å². The molecule has 0 atom stereocenters. The first kappa shape index (κ1) is 18.1. The fourth-order valence-corrected chi connectivity index (χ4v) is 5.55. The quantitative estimate of drug-likeness (QED) is 0.750. The van der Waals surface area contributed by atoms with Gasteiger partial charge in [-0.25, -0.2) is 0 Å². The lowest BCUT2D eigenvalue weighted by Crippen LogP contribution is -2.16. The van der Waals surface area contributed by atoms with Gasteiger partial charge in [-0.2, -0.15) is 0 Å². The average Bonchev–Trinajstić information content (AvgIpc) is 3.05. The lowest BCUT2D eigenvalue weighted by atomic mass is 10.0. The molecule has 3 nitrogen and oxygen atoms in total. The van der Waals surface area contributed by atoms with Crippen LogP contribution in [-0.2, 0) is 19.4 Å². The molecule has 2 aromatic rings.